The molecule has 1 aromatic carbocycles. The minimum atomic E-state index is -0.322. The van der Waals surface area contributed by atoms with Gasteiger partial charge >= 0.3 is 0 Å². The van der Waals surface area contributed by atoms with Crippen LogP contribution < -0.4 is 15.0 Å². The molecule has 0 unspecified atom stereocenters. The van der Waals surface area contributed by atoms with Crippen molar-refractivity contribution in [1.29, 1.82) is 0 Å². The zero-order chi connectivity index (χ0) is 13.3. The molecule has 0 spiro atoms. The SMILES string of the molecule is COc1ccc(N2C(=O)[C@H](C)NC2=S)cc1CO. The first kappa shape index (κ1) is 12.8. The van der Waals surface area contributed by atoms with Crippen molar-refractivity contribution in [3.8, 4) is 5.75 Å². The van der Waals surface area contributed by atoms with E-state index in [-0.39, 0.29) is 18.6 Å². The first-order chi connectivity index (χ1) is 8.58. The fourth-order valence-corrected chi connectivity index (χ4v) is 2.25. The fourth-order valence-electron chi connectivity index (χ4n) is 1.88. The van der Waals surface area contributed by atoms with Gasteiger partial charge in [0.2, 0.25) is 0 Å². The molecule has 1 aliphatic rings. The number of benzene rings is 1. The number of aliphatic hydroxyl groups excluding tert-OH is 1. The summed E-state index contributed by atoms with van der Waals surface area (Å²) < 4.78 is 5.12. The number of aliphatic hydroxyl groups is 1. The zero-order valence-corrected chi connectivity index (χ0v) is 11.0. The van der Waals surface area contributed by atoms with Crippen LogP contribution in [-0.2, 0) is 11.4 Å². The van der Waals surface area contributed by atoms with Gasteiger partial charge in [0.05, 0.1) is 19.4 Å². The van der Waals surface area contributed by atoms with Crippen molar-refractivity contribution in [2.24, 2.45) is 0 Å². The standard InChI is InChI=1S/C12H14N2O3S/c1-7-11(16)14(12(18)13-7)9-3-4-10(17-2)8(5-9)6-15/h3-5,7,15H,6H2,1-2H3,(H,13,18)/t7-/m0/s1. The highest BCUT2D eigenvalue weighted by Crippen LogP contribution is 2.27. The number of amides is 1. The monoisotopic (exact) mass is 266 g/mol. The van der Waals surface area contributed by atoms with E-state index in [4.69, 9.17) is 17.0 Å². The van der Waals surface area contributed by atoms with E-state index in [1.54, 1.807) is 25.1 Å². The van der Waals surface area contributed by atoms with Crippen molar-refractivity contribution in [2.75, 3.05) is 12.0 Å². The molecule has 1 fully saturated rings. The average molecular weight is 266 g/mol. The molecule has 1 aromatic rings. The Labute approximate surface area is 110 Å². The molecule has 6 heteroatoms. The van der Waals surface area contributed by atoms with E-state index in [0.29, 0.717) is 22.1 Å². The lowest BCUT2D eigenvalue weighted by Crippen LogP contribution is -2.30. The van der Waals surface area contributed by atoms with E-state index in [1.165, 1.54) is 12.0 Å². The highest BCUT2D eigenvalue weighted by Gasteiger charge is 2.33. The van der Waals surface area contributed by atoms with Gasteiger partial charge in [-0.3, -0.25) is 9.69 Å². The molecule has 96 valence electrons. The second kappa shape index (κ2) is 4.91. The van der Waals surface area contributed by atoms with Crippen molar-refractivity contribution in [3.63, 3.8) is 0 Å². The molecule has 0 aromatic heterocycles. The Morgan fingerprint density at radius 1 is 1.56 bits per heavy atom. The Balaban J connectivity index is 2.40. The summed E-state index contributed by atoms with van der Waals surface area (Å²) in [5, 5.41) is 12.5. The first-order valence-corrected chi connectivity index (χ1v) is 5.91. The van der Waals surface area contributed by atoms with Crippen LogP contribution in [0.1, 0.15) is 12.5 Å². The Bertz CT molecular complexity index is 504. The van der Waals surface area contributed by atoms with E-state index in [0.717, 1.165) is 0 Å². The normalized spacial score (nSPS) is 19.1. The number of rotatable bonds is 3. The van der Waals surface area contributed by atoms with Crippen LogP contribution in [-0.4, -0.2) is 29.3 Å². The quantitative estimate of drug-likeness (QED) is 0.792. The van der Waals surface area contributed by atoms with Crippen LogP contribution in [0.2, 0.25) is 0 Å². The lowest BCUT2D eigenvalue weighted by atomic mass is 10.1. The molecule has 1 amide bonds. The number of ether oxygens (including phenoxy) is 1. The van der Waals surface area contributed by atoms with Crippen molar-refractivity contribution in [2.45, 2.75) is 19.6 Å². The summed E-state index contributed by atoms with van der Waals surface area (Å²) in [5.41, 5.74) is 1.25. The van der Waals surface area contributed by atoms with Crippen molar-refractivity contribution < 1.29 is 14.6 Å². The number of nitrogens with zero attached hydrogens (tertiary/aromatic N) is 1. The highest BCUT2D eigenvalue weighted by molar-refractivity contribution is 7.80. The lowest BCUT2D eigenvalue weighted by Gasteiger charge is -2.17. The lowest BCUT2D eigenvalue weighted by molar-refractivity contribution is -0.117. The summed E-state index contributed by atoms with van der Waals surface area (Å²) in [7, 11) is 1.53. The molecular weight excluding hydrogens is 252 g/mol. The first-order valence-electron chi connectivity index (χ1n) is 5.50. The van der Waals surface area contributed by atoms with Crippen molar-refractivity contribution in [3.05, 3.63) is 23.8 Å². The van der Waals surface area contributed by atoms with Gasteiger partial charge in [0, 0.05) is 5.56 Å². The zero-order valence-electron chi connectivity index (χ0n) is 10.1. The van der Waals surface area contributed by atoms with E-state index in [1.807, 2.05) is 0 Å². The van der Waals surface area contributed by atoms with Crippen LogP contribution in [0.25, 0.3) is 0 Å². The smallest absolute Gasteiger partial charge is 0.255 e. The van der Waals surface area contributed by atoms with E-state index < -0.39 is 0 Å². The third-order valence-electron chi connectivity index (χ3n) is 2.83. The third kappa shape index (κ3) is 2.04. The van der Waals surface area contributed by atoms with Gasteiger partial charge in [0.25, 0.3) is 5.91 Å². The van der Waals surface area contributed by atoms with Gasteiger partial charge in [-0.2, -0.15) is 0 Å². The van der Waals surface area contributed by atoms with Gasteiger partial charge in [0.15, 0.2) is 5.11 Å². The maximum Gasteiger partial charge on any atom is 0.255 e. The van der Waals surface area contributed by atoms with Crippen molar-refractivity contribution >= 4 is 28.9 Å². The second-order valence-electron chi connectivity index (χ2n) is 4.00. The number of nitrogens with one attached hydrogen (secondary N) is 1. The second-order valence-corrected chi connectivity index (χ2v) is 4.39. The van der Waals surface area contributed by atoms with E-state index in [9.17, 15) is 9.90 Å². The Morgan fingerprint density at radius 2 is 2.28 bits per heavy atom. The minimum Gasteiger partial charge on any atom is -0.496 e. The molecule has 18 heavy (non-hydrogen) atoms. The average Bonchev–Trinajstić information content (AvgIpc) is 2.62. The van der Waals surface area contributed by atoms with E-state index >= 15 is 0 Å². The molecule has 1 heterocycles. The van der Waals surface area contributed by atoms with Crippen LogP contribution in [0, 0.1) is 0 Å². The number of hydrogen-bond donors (Lipinski definition) is 2. The topological polar surface area (TPSA) is 61.8 Å². The molecule has 5 nitrogen and oxygen atoms in total. The van der Waals surface area contributed by atoms with E-state index in [2.05, 4.69) is 5.32 Å². The highest BCUT2D eigenvalue weighted by atomic mass is 32.1. The van der Waals surface area contributed by atoms with Crippen LogP contribution in [0.4, 0.5) is 5.69 Å². The van der Waals surface area contributed by atoms with Gasteiger partial charge in [0.1, 0.15) is 11.8 Å². The molecule has 1 saturated heterocycles. The Morgan fingerprint density at radius 3 is 2.78 bits per heavy atom. The summed E-state index contributed by atoms with van der Waals surface area (Å²) in [6.45, 7) is 1.60. The summed E-state index contributed by atoms with van der Waals surface area (Å²) in [6.07, 6.45) is 0. The summed E-state index contributed by atoms with van der Waals surface area (Å²) in [6, 6.07) is 4.82. The van der Waals surface area contributed by atoms with Crippen LogP contribution in [0.15, 0.2) is 18.2 Å². The molecule has 0 radical (unpaired) electrons. The van der Waals surface area contributed by atoms with Crippen molar-refractivity contribution in [1.82, 2.24) is 5.32 Å². The molecule has 1 aliphatic heterocycles. The summed E-state index contributed by atoms with van der Waals surface area (Å²) in [4.78, 5) is 13.4. The van der Waals surface area contributed by atoms with Gasteiger partial charge in [-0.15, -0.1) is 0 Å². The number of thiocarbonyl (C=S) groups is 1. The maximum absolute atomic E-state index is 12.0. The fraction of sp³-hybridized carbons (Fsp3) is 0.333. The number of carbonyl (C=O) groups excluding carboxylic acids is 1. The molecule has 2 N–H and O–H groups in total. The Kier molecular flexibility index (Phi) is 3.49. The van der Waals surface area contributed by atoms with Crippen LogP contribution >= 0.6 is 12.2 Å². The molecule has 1 atom stereocenters. The van der Waals surface area contributed by atoms with Gasteiger partial charge in [-0.05, 0) is 37.3 Å². The number of methoxy groups -OCH3 is 1. The predicted molar refractivity (Wildman–Crippen MR) is 71.6 cm³/mol. The van der Waals surface area contributed by atoms with Crippen LogP contribution in [0.3, 0.4) is 0 Å². The minimum absolute atomic E-state index is 0.103. The Hall–Kier alpha value is -1.66. The number of hydrogen-bond acceptors (Lipinski definition) is 4. The summed E-state index contributed by atoms with van der Waals surface area (Å²) in [5.74, 6) is 0.480. The molecule has 0 bridgehead atoms. The molecular formula is C12H14N2O3S. The molecule has 0 saturated carbocycles. The largest absolute Gasteiger partial charge is 0.496 e. The molecule has 2 rings (SSSR count). The number of anilines is 1. The van der Waals surface area contributed by atoms with Gasteiger partial charge in [-0.25, -0.2) is 0 Å². The van der Waals surface area contributed by atoms with Gasteiger partial charge < -0.3 is 15.2 Å². The maximum atomic E-state index is 12.0. The van der Waals surface area contributed by atoms with Gasteiger partial charge in [-0.1, -0.05) is 0 Å². The van der Waals surface area contributed by atoms with Crippen LogP contribution in [0.5, 0.6) is 5.75 Å². The predicted octanol–water partition coefficient (Wildman–Crippen LogP) is 0.797. The molecule has 0 aliphatic carbocycles. The number of carbonyl (C=O) groups is 1. The third-order valence-corrected chi connectivity index (χ3v) is 3.13. The summed E-state index contributed by atoms with van der Waals surface area (Å²) >= 11 is 5.12.